The van der Waals surface area contributed by atoms with E-state index < -0.39 is 0 Å². The van der Waals surface area contributed by atoms with Crippen LogP contribution in [0.1, 0.15) is 37.2 Å². The zero-order valence-corrected chi connectivity index (χ0v) is 16.9. The van der Waals surface area contributed by atoms with Gasteiger partial charge in [0.05, 0.1) is 0 Å². The molecule has 29 heavy (non-hydrogen) atoms. The van der Waals surface area contributed by atoms with Crippen molar-refractivity contribution in [1.82, 2.24) is 15.2 Å². The molecule has 2 aliphatic heterocycles. The van der Waals surface area contributed by atoms with Crippen LogP contribution in [0.4, 0.5) is 0 Å². The van der Waals surface area contributed by atoms with Crippen molar-refractivity contribution in [3.8, 4) is 23.0 Å². The van der Waals surface area contributed by atoms with Crippen LogP contribution in [0.5, 0.6) is 23.0 Å². The number of nitrogens with one attached hydrogen (secondary N) is 1. The van der Waals surface area contributed by atoms with Gasteiger partial charge in [-0.3, -0.25) is 9.78 Å². The van der Waals surface area contributed by atoms with Crippen molar-refractivity contribution >= 4 is 5.91 Å². The lowest BCUT2D eigenvalue weighted by Crippen LogP contribution is -2.43. The van der Waals surface area contributed by atoms with Gasteiger partial charge in [-0.15, -0.1) is 0 Å². The minimum Gasteiger partial charge on any atom is -0.457 e. The lowest BCUT2D eigenvalue weighted by Gasteiger charge is -2.35. The van der Waals surface area contributed by atoms with Gasteiger partial charge in [0, 0.05) is 37.5 Å². The van der Waals surface area contributed by atoms with Crippen LogP contribution in [-0.4, -0.2) is 48.3 Å². The molecule has 3 heterocycles. The highest BCUT2D eigenvalue weighted by molar-refractivity contribution is 5.92. The lowest BCUT2D eigenvalue weighted by molar-refractivity contribution is 0.0917. The number of hydrogen-bond acceptors (Lipinski definition) is 6. The van der Waals surface area contributed by atoms with Gasteiger partial charge in [-0.25, -0.2) is 0 Å². The van der Waals surface area contributed by atoms with E-state index in [0.717, 1.165) is 19.5 Å². The molecule has 1 aromatic heterocycles. The number of ether oxygens (including phenoxy) is 3. The molecule has 154 valence electrons. The van der Waals surface area contributed by atoms with E-state index in [9.17, 15) is 4.79 Å². The molecule has 1 aromatic carbocycles. The second-order valence-corrected chi connectivity index (χ2v) is 7.80. The summed E-state index contributed by atoms with van der Waals surface area (Å²) in [5, 5.41) is 3.03. The summed E-state index contributed by atoms with van der Waals surface area (Å²) in [5.74, 6) is 2.81. The first-order chi connectivity index (χ1) is 14.1. The Morgan fingerprint density at radius 2 is 2.07 bits per heavy atom. The summed E-state index contributed by atoms with van der Waals surface area (Å²) < 4.78 is 16.5. The van der Waals surface area contributed by atoms with E-state index in [1.54, 1.807) is 36.5 Å². The van der Waals surface area contributed by atoms with E-state index in [1.165, 1.54) is 6.42 Å². The monoisotopic (exact) mass is 397 g/mol. The summed E-state index contributed by atoms with van der Waals surface area (Å²) >= 11 is 0. The zero-order valence-electron chi connectivity index (χ0n) is 16.9. The number of hydrogen-bond donors (Lipinski definition) is 1. The highest BCUT2D eigenvalue weighted by Gasteiger charge is 2.22. The number of benzene rings is 1. The number of carbonyl (C=O) groups excluding carboxylic acids is 1. The number of pyridine rings is 1. The molecule has 0 bridgehead atoms. The third-order valence-electron chi connectivity index (χ3n) is 5.38. The van der Waals surface area contributed by atoms with E-state index in [2.05, 4.69) is 29.0 Å². The molecular formula is C22H27N3O4. The molecule has 0 aliphatic carbocycles. The second kappa shape index (κ2) is 8.69. The van der Waals surface area contributed by atoms with Crippen LogP contribution in [0.15, 0.2) is 36.5 Å². The lowest BCUT2D eigenvalue weighted by atomic mass is 9.97. The van der Waals surface area contributed by atoms with Gasteiger partial charge in [-0.1, -0.05) is 0 Å². The van der Waals surface area contributed by atoms with Crippen molar-refractivity contribution in [2.75, 3.05) is 26.4 Å². The molecule has 7 heteroatoms. The fraction of sp³-hybridized carbons (Fsp3) is 0.455. The SMILES string of the molecule is CC(C)N1CCC[C@H](CNC(=O)c2cc(Oc3ccc4c(c3)OCO4)ccn2)C1. The first kappa shape index (κ1) is 19.5. The molecule has 1 amide bonds. The maximum Gasteiger partial charge on any atom is 0.270 e. The summed E-state index contributed by atoms with van der Waals surface area (Å²) in [6, 6.07) is 9.30. The minimum atomic E-state index is -0.178. The Labute approximate surface area is 171 Å². The van der Waals surface area contributed by atoms with Gasteiger partial charge in [0.2, 0.25) is 6.79 Å². The average molecular weight is 397 g/mol. The zero-order chi connectivity index (χ0) is 20.2. The van der Waals surface area contributed by atoms with E-state index in [4.69, 9.17) is 14.2 Å². The van der Waals surface area contributed by atoms with Gasteiger partial charge in [0.1, 0.15) is 17.2 Å². The minimum absolute atomic E-state index is 0.178. The fourth-order valence-electron chi connectivity index (χ4n) is 3.74. The predicted octanol–water partition coefficient (Wildman–Crippen LogP) is 3.45. The average Bonchev–Trinajstić information content (AvgIpc) is 3.20. The number of nitrogens with zero attached hydrogens (tertiary/aromatic N) is 2. The number of fused-ring (bicyclic) bond motifs is 1. The Kier molecular flexibility index (Phi) is 5.85. The van der Waals surface area contributed by atoms with Crippen LogP contribution in [0.25, 0.3) is 0 Å². The van der Waals surface area contributed by atoms with E-state index >= 15 is 0 Å². The van der Waals surface area contributed by atoms with Crippen LogP contribution < -0.4 is 19.5 Å². The predicted molar refractivity (Wildman–Crippen MR) is 109 cm³/mol. The summed E-state index contributed by atoms with van der Waals surface area (Å²) in [7, 11) is 0. The van der Waals surface area contributed by atoms with Crippen molar-refractivity contribution in [3.05, 3.63) is 42.2 Å². The Bertz CT molecular complexity index is 871. The number of rotatable bonds is 6. The second-order valence-electron chi connectivity index (χ2n) is 7.80. The molecule has 2 aliphatic rings. The number of likely N-dealkylation sites (tertiary alicyclic amines) is 1. The third kappa shape index (κ3) is 4.79. The van der Waals surface area contributed by atoms with Gasteiger partial charge in [0.15, 0.2) is 11.5 Å². The smallest absolute Gasteiger partial charge is 0.270 e. The van der Waals surface area contributed by atoms with Crippen LogP contribution in [0.2, 0.25) is 0 Å². The van der Waals surface area contributed by atoms with E-state index in [0.29, 0.717) is 47.2 Å². The number of amides is 1. The first-order valence-electron chi connectivity index (χ1n) is 10.1. The molecule has 1 atom stereocenters. The van der Waals surface area contributed by atoms with Crippen molar-refractivity contribution in [3.63, 3.8) is 0 Å². The van der Waals surface area contributed by atoms with Crippen molar-refractivity contribution in [1.29, 1.82) is 0 Å². The van der Waals surface area contributed by atoms with Crippen molar-refractivity contribution < 1.29 is 19.0 Å². The Morgan fingerprint density at radius 1 is 1.24 bits per heavy atom. The molecule has 7 nitrogen and oxygen atoms in total. The molecule has 1 N–H and O–H groups in total. The van der Waals surface area contributed by atoms with Gasteiger partial charge < -0.3 is 24.4 Å². The number of aromatic nitrogens is 1. The van der Waals surface area contributed by atoms with Gasteiger partial charge >= 0.3 is 0 Å². The molecule has 1 saturated heterocycles. The van der Waals surface area contributed by atoms with Crippen LogP contribution in [0, 0.1) is 5.92 Å². The topological polar surface area (TPSA) is 72.9 Å². The summed E-state index contributed by atoms with van der Waals surface area (Å²) in [4.78, 5) is 19.3. The van der Waals surface area contributed by atoms with Crippen LogP contribution in [0.3, 0.4) is 0 Å². The molecule has 1 fully saturated rings. The number of piperidine rings is 1. The van der Waals surface area contributed by atoms with Crippen LogP contribution in [-0.2, 0) is 0 Å². The molecular weight excluding hydrogens is 370 g/mol. The normalized spacial score (nSPS) is 18.7. The third-order valence-corrected chi connectivity index (χ3v) is 5.38. The van der Waals surface area contributed by atoms with Gasteiger partial charge in [-0.05, 0) is 57.4 Å². The highest BCUT2D eigenvalue weighted by Crippen LogP contribution is 2.36. The standard InChI is InChI=1S/C22H27N3O4/c1-15(2)25-9-3-4-16(13-25)12-24-22(26)19-10-18(7-8-23-19)29-17-5-6-20-21(11-17)28-14-27-20/h5-8,10-11,15-16H,3-4,9,12-14H2,1-2H3,(H,24,26)/t16-/m1/s1. The summed E-state index contributed by atoms with van der Waals surface area (Å²) in [6.07, 6.45) is 3.90. The Morgan fingerprint density at radius 3 is 2.93 bits per heavy atom. The fourth-order valence-corrected chi connectivity index (χ4v) is 3.74. The molecule has 4 rings (SSSR count). The van der Waals surface area contributed by atoms with Gasteiger partial charge in [0.25, 0.3) is 5.91 Å². The van der Waals surface area contributed by atoms with Crippen molar-refractivity contribution in [2.24, 2.45) is 5.92 Å². The summed E-state index contributed by atoms with van der Waals surface area (Å²) in [6.45, 7) is 7.49. The Balaban J connectivity index is 1.35. The number of carbonyl (C=O) groups is 1. The molecule has 0 spiro atoms. The molecule has 0 radical (unpaired) electrons. The molecule has 2 aromatic rings. The maximum absolute atomic E-state index is 12.6. The Hall–Kier alpha value is -2.80. The van der Waals surface area contributed by atoms with Crippen LogP contribution >= 0.6 is 0 Å². The van der Waals surface area contributed by atoms with E-state index in [1.807, 2.05) is 0 Å². The molecule has 0 unspecified atom stereocenters. The van der Waals surface area contributed by atoms with E-state index in [-0.39, 0.29) is 12.7 Å². The summed E-state index contributed by atoms with van der Waals surface area (Å²) in [5.41, 5.74) is 0.347. The first-order valence-corrected chi connectivity index (χ1v) is 10.1. The largest absolute Gasteiger partial charge is 0.457 e. The quantitative estimate of drug-likeness (QED) is 0.805. The molecule has 0 saturated carbocycles. The highest BCUT2D eigenvalue weighted by atomic mass is 16.7. The maximum atomic E-state index is 12.6. The van der Waals surface area contributed by atoms with Crippen molar-refractivity contribution in [2.45, 2.75) is 32.7 Å². The van der Waals surface area contributed by atoms with Gasteiger partial charge in [-0.2, -0.15) is 0 Å².